The van der Waals surface area contributed by atoms with Gasteiger partial charge in [-0.05, 0) is 36.9 Å². The summed E-state index contributed by atoms with van der Waals surface area (Å²) in [6.07, 6.45) is 1.61. The number of hydrogen-bond donors (Lipinski definition) is 0. The smallest absolute Gasteiger partial charge is 0.276 e. The Morgan fingerprint density at radius 2 is 2.00 bits per heavy atom. The van der Waals surface area contributed by atoms with E-state index in [1.165, 1.54) is 17.3 Å². The number of benzene rings is 1. The minimum Gasteiger partial charge on any atom is -0.411 e. The third kappa shape index (κ3) is 4.03. The molecule has 0 radical (unpaired) electrons. The van der Waals surface area contributed by atoms with Crippen LogP contribution >= 0.6 is 23.1 Å². The summed E-state index contributed by atoms with van der Waals surface area (Å²) < 4.78 is 11.0. The van der Waals surface area contributed by atoms with E-state index in [4.69, 9.17) is 8.94 Å². The second kappa shape index (κ2) is 7.84. The first-order valence-electron chi connectivity index (χ1n) is 8.18. The number of hydrogen-bond acceptors (Lipinski definition) is 8. The highest BCUT2D eigenvalue weighted by Crippen LogP contribution is 2.25. The van der Waals surface area contributed by atoms with Crippen molar-refractivity contribution in [3.05, 3.63) is 53.2 Å². The van der Waals surface area contributed by atoms with Crippen molar-refractivity contribution in [2.45, 2.75) is 25.0 Å². The molecular formula is C18H16N4O2S2. The molecule has 0 saturated heterocycles. The lowest BCUT2D eigenvalue weighted by Crippen LogP contribution is -1.88. The van der Waals surface area contributed by atoms with E-state index in [-0.39, 0.29) is 0 Å². The summed E-state index contributed by atoms with van der Waals surface area (Å²) in [6, 6.07) is 12.0. The summed E-state index contributed by atoms with van der Waals surface area (Å²) in [5.41, 5.74) is 2.13. The standard InChI is InChI=1S/C18H16N4O2S2/c1-12-6-8-13(9-7-12)17-20-21-18(23-17)26-11-3-5-15-19-16(22-24-15)14-4-2-10-25-14/h2,4,6-10H,3,5,11H2,1H3. The molecule has 132 valence electrons. The molecule has 4 rings (SSSR count). The van der Waals surface area contributed by atoms with Gasteiger partial charge in [-0.25, -0.2) is 0 Å². The summed E-state index contributed by atoms with van der Waals surface area (Å²) in [5, 5.41) is 14.8. The van der Waals surface area contributed by atoms with E-state index >= 15 is 0 Å². The van der Waals surface area contributed by atoms with Crippen molar-refractivity contribution in [3.8, 4) is 22.2 Å². The SMILES string of the molecule is Cc1ccc(-c2nnc(SCCCc3nc(-c4cccs4)no3)o2)cc1. The molecule has 4 aromatic rings. The molecule has 0 bridgehead atoms. The molecule has 0 saturated carbocycles. The van der Waals surface area contributed by atoms with Crippen molar-refractivity contribution in [2.24, 2.45) is 0 Å². The van der Waals surface area contributed by atoms with Gasteiger partial charge < -0.3 is 8.94 Å². The van der Waals surface area contributed by atoms with E-state index in [2.05, 4.69) is 20.3 Å². The molecule has 0 aliphatic heterocycles. The van der Waals surface area contributed by atoms with E-state index in [1.807, 2.05) is 48.7 Å². The first kappa shape index (κ1) is 17.0. The van der Waals surface area contributed by atoms with Crippen LogP contribution in [0.4, 0.5) is 0 Å². The minimum absolute atomic E-state index is 0.546. The minimum atomic E-state index is 0.546. The largest absolute Gasteiger partial charge is 0.411 e. The van der Waals surface area contributed by atoms with Crippen LogP contribution in [0, 0.1) is 6.92 Å². The Labute approximate surface area is 158 Å². The van der Waals surface area contributed by atoms with Crippen molar-refractivity contribution in [1.82, 2.24) is 20.3 Å². The fourth-order valence-corrected chi connectivity index (χ4v) is 3.67. The summed E-state index contributed by atoms with van der Waals surface area (Å²) in [4.78, 5) is 5.44. The molecule has 0 aliphatic rings. The Morgan fingerprint density at radius 1 is 1.12 bits per heavy atom. The van der Waals surface area contributed by atoms with Gasteiger partial charge in [0.05, 0.1) is 4.88 Å². The average molecular weight is 384 g/mol. The second-order valence-electron chi connectivity index (χ2n) is 5.68. The first-order chi connectivity index (χ1) is 12.8. The second-order valence-corrected chi connectivity index (χ2v) is 7.67. The van der Waals surface area contributed by atoms with Gasteiger partial charge >= 0.3 is 0 Å². The predicted molar refractivity (Wildman–Crippen MR) is 101 cm³/mol. The molecule has 3 heterocycles. The Hall–Kier alpha value is -2.45. The van der Waals surface area contributed by atoms with Crippen molar-refractivity contribution in [3.63, 3.8) is 0 Å². The Morgan fingerprint density at radius 3 is 2.81 bits per heavy atom. The number of nitrogens with zero attached hydrogens (tertiary/aromatic N) is 4. The van der Waals surface area contributed by atoms with Crippen molar-refractivity contribution in [2.75, 3.05) is 5.75 Å². The fraction of sp³-hybridized carbons (Fsp3) is 0.222. The molecular weight excluding hydrogens is 368 g/mol. The van der Waals surface area contributed by atoms with Crippen LogP contribution in [0.15, 0.2) is 55.9 Å². The molecule has 0 fully saturated rings. The van der Waals surface area contributed by atoms with Crippen molar-refractivity contribution >= 4 is 23.1 Å². The molecule has 6 nitrogen and oxygen atoms in total. The van der Waals surface area contributed by atoms with Gasteiger partial charge in [-0.15, -0.1) is 21.5 Å². The van der Waals surface area contributed by atoms with Crippen LogP contribution in [-0.4, -0.2) is 26.1 Å². The predicted octanol–water partition coefficient (Wildman–Crippen LogP) is 4.88. The van der Waals surface area contributed by atoms with Gasteiger partial charge in [0.25, 0.3) is 5.22 Å². The molecule has 1 aromatic carbocycles. The zero-order valence-corrected chi connectivity index (χ0v) is 15.7. The van der Waals surface area contributed by atoms with Gasteiger partial charge in [-0.2, -0.15) is 4.98 Å². The number of thioether (sulfide) groups is 1. The number of aryl methyl sites for hydroxylation is 2. The zero-order chi connectivity index (χ0) is 17.8. The van der Waals surface area contributed by atoms with Crippen LogP contribution in [0.5, 0.6) is 0 Å². The fourth-order valence-electron chi connectivity index (χ4n) is 2.33. The number of rotatable bonds is 7. The molecule has 26 heavy (non-hydrogen) atoms. The van der Waals surface area contributed by atoms with E-state index in [0.717, 1.165) is 29.0 Å². The molecule has 0 amide bonds. The molecule has 0 aliphatic carbocycles. The maximum Gasteiger partial charge on any atom is 0.276 e. The molecule has 0 N–H and O–H groups in total. The maximum absolute atomic E-state index is 5.71. The van der Waals surface area contributed by atoms with E-state index < -0.39 is 0 Å². The number of aromatic nitrogens is 4. The third-order valence-corrected chi connectivity index (χ3v) is 5.45. The lowest BCUT2D eigenvalue weighted by molar-refractivity contribution is 0.378. The lowest BCUT2D eigenvalue weighted by Gasteiger charge is -1.96. The van der Waals surface area contributed by atoms with Crippen LogP contribution < -0.4 is 0 Å². The molecule has 0 spiro atoms. The van der Waals surface area contributed by atoms with Crippen LogP contribution in [-0.2, 0) is 6.42 Å². The Bertz CT molecular complexity index is 961. The summed E-state index contributed by atoms with van der Waals surface area (Å²) in [5.74, 6) is 2.69. The van der Waals surface area contributed by atoms with Gasteiger partial charge in [0.2, 0.25) is 17.6 Å². The first-order valence-corrected chi connectivity index (χ1v) is 10.0. The summed E-state index contributed by atoms with van der Waals surface area (Å²) >= 11 is 3.13. The van der Waals surface area contributed by atoms with Gasteiger partial charge in [0, 0.05) is 17.7 Å². The average Bonchev–Trinajstić information content (AvgIpc) is 3.40. The zero-order valence-electron chi connectivity index (χ0n) is 14.1. The summed E-state index contributed by atoms with van der Waals surface area (Å²) in [7, 11) is 0. The van der Waals surface area contributed by atoms with E-state index in [1.54, 1.807) is 11.3 Å². The highest BCUT2D eigenvalue weighted by atomic mass is 32.2. The van der Waals surface area contributed by atoms with Crippen LogP contribution in [0.25, 0.3) is 22.2 Å². The normalized spacial score (nSPS) is 11.1. The Balaban J connectivity index is 1.27. The van der Waals surface area contributed by atoms with Gasteiger partial charge in [-0.1, -0.05) is 40.7 Å². The monoisotopic (exact) mass is 384 g/mol. The van der Waals surface area contributed by atoms with Crippen LogP contribution in [0.2, 0.25) is 0 Å². The van der Waals surface area contributed by atoms with Gasteiger partial charge in [0.1, 0.15) is 0 Å². The van der Waals surface area contributed by atoms with Crippen LogP contribution in [0.3, 0.4) is 0 Å². The van der Waals surface area contributed by atoms with Crippen LogP contribution in [0.1, 0.15) is 17.9 Å². The van der Waals surface area contributed by atoms with Crippen molar-refractivity contribution in [1.29, 1.82) is 0 Å². The topological polar surface area (TPSA) is 77.8 Å². The number of thiophene rings is 1. The highest BCUT2D eigenvalue weighted by molar-refractivity contribution is 7.99. The Kier molecular flexibility index (Phi) is 5.12. The molecule has 0 unspecified atom stereocenters. The van der Waals surface area contributed by atoms with E-state index in [0.29, 0.717) is 22.8 Å². The quantitative estimate of drug-likeness (QED) is 0.332. The summed E-state index contributed by atoms with van der Waals surface area (Å²) in [6.45, 7) is 2.05. The molecule has 0 atom stereocenters. The molecule has 8 heteroatoms. The van der Waals surface area contributed by atoms with Gasteiger partial charge in [-0.3, -0.25) is 0 Å². The van der Waals surface area contributed by atoms with Crippen molar-refractivity contribution < 1.29 is 8.94 Å². The highest BCUT2D eigenvalue weighted by Gasteiger charge is 2.11. The molecule has 3 aromatic heterocycles. The van der Waals surface area contributed by atoms with Gasteiger partial charge in [0.15, 0.2) is 0 Å². The lowest BCUT2D eigenvalue weighted by atomic mass is 10.1. The maximum atomic E-state index is 5.71. The van der Waals surface area contributed by atoms with E-state index in [9.17, 15) is 0 Å². The third-order valence-electron chi connectivity index (χ3n) is 3.68.